The standard InChI is InChI=1S/C10H13N5OS2/c1-5-6(17-4-13-5)3-15(2)10-7(9(12)16)8(11)14-18-10/h4H,3H2,1-2H3,(H2,11,14)(H2,12,16). The highest BCUT2D eigenvalue weighted by atomic mass is 32.1. The molecule has 6 nitrogen and oxygen atoms in total. The van der Waals surface area contributed by atoms with Crippen LogP contribution in [0.15, 0.2) is 5.51 Å². The lowest BCUT2D eigenvalue weighted by atomic mass is 10.3. The fraction of sp³-hybridized carbons (Fsp3) is 0.300. The normalized spacial score (nSPS) is 10.6. The summed E-state index contributed by atoms with van der Waals surface area (Å²) in [5.41, 5.74) is 14.0. The molecular weight excluding hydrogens is 270 g/mol. The van der Waals surface area contributed by atoms with E-state index in [9.17, 15) is 4.79 Å². The van der Waals surface area contributed by atoms with E-state index < -0.39 is 5.91 Å². The van der Waals surface area contributed by atoms with Crippen LogP contribution in [0, 0.1) is 6.92 Å². The van der Waals surface area contributed by atoms with Crippen LogP contribution >= 0.6 is 22.9 Å². The SMILES string of the molecule is Cc1ncsc1CN(C)c1snc(N)c1C(N)=O. The number of hydrogen-bond donors (Lipinski definition) is 2. The first-order chi connectivity index (χ1) is 8.50. The summed E-state index contributed by atoms with van der Waals surface area (Å²) in [5.74, 6) is -0.362. The molecule has 0 atom stereocenters. The zero-order valence-corrected chi connectivity index (χ0v) is 11.6. The lowest BCUT2D eigenvalue weighted by molar-refractivity contribution is 0.100. The average Bonchev–Trinajstić information content (AvgIpc) is 2.86. The number of aryl methyl sites for hydroxylation is 1. The monoisotopic (exact) mass is 283 g/mol. The van der Waals surface area contributed by atoms with Gasteiger partial charge in [-0.05, 0) is 18.5 Å². The number of nitrogens with two attached hydrogens (primary N) is 2. The average molecular weight is 283 g/mol. The molecule has 1 amide bonds. The highest BCUT2D eigenvalue weighted by molar-refractivity contribution is 7.11. The van der Waals surface area contributed by atoms with Crippen molar-refractivity contribution in [1.29, 1.82) is 0 Å². The van der Waals surface area contributed by atoms with Crippen molar-refractivity contribution in [3.63, 3.8) is 0 Å². The van der Waals surface area contributed by atoms with Gasteiger partial charge in [0.2, 0.25) is 0 Å². The summed E-state index contributed by atoms with van der Waals surface area (Å²) in [6.07, 6.45) is 0. The first kappa shape index (κ1) is 12.8. The van der Waals surface area contributed by atoms with Gasteiger partial charge in [0.15, 0.2) is 5.82 Å². The number of aromatic nitrogens is 2. The number of primary amides is 1. The zero-order valence-electron chi connectivity index (χ0n) is 10.0. The molecule has 0 radical (unpaired) electrons. The van der Waals surface area contributed by atoms with E-state index in [1.54, 1.807) is 16.8 Å². The Hall–Kier alpha value is -1.67. The van der Waals surface area contributed by atoms with E-state index in [4.69, 9.17) is 11.5 Å². The van der Waals surface area contributed by atoms with Gasteiger partial charge < -0.3 is 16.4 Å². The maximum atomic E-state index is 11.4. The van der Waals surface area contributed by atoms with Crippen LogP contribution in [0.1, 0.15) is 20.9 Å². The van der Waals surface area contributed by atoms with Crippen molar-refractivity contribution in [2.24, 2.45) is 5.73 Å². The van der Waals surface area contributed by atoms with E-state index in [0.29, 0.717) is 17.1 Å². The van der Waals surface area contributed by atoms with Gasteiger partial charge in [-0.2, -0.15) is 4.37 Å². The number of anilines is 2. The lowest BCUT2D eigenvalue weighted by Gasteiger charge is -2.17. The van der Waals surface area contributed by atoms with Gasteiger partial charge in [-0.25, -0.2) is 4.98 Å². The summed E-state index contributed by atoms with van der Waals surface area (Å²) in [5, 5.41) is 0.688. The molecule has 0 aliphatic carbocycles. The molecule has 0 saturated carbocycles. The Morgan fingerprint density at radius 3 is 2.83 bits per heavy atom. The first-order valence-electron chi connectivity index (χ1n) is 5.15. The van der Waals surface area contributed by atoms with Gasteiger partial charge >= 0.3 is 0 Å². The molecular formula is C10H13N5OS2. The van der Waals surface area contributed by atoms with E-state index >= 15 is 0 Å². The van der Waals surface area contributed by atoms with Gasteiger partial charge in [0, 0.05) is 11.9 Å². The summed E-state index contributed by atoms with van der Waals surface area (Å²) < 4.78 is 3.98. The molecule has 0 spiro atoms. The largest absolute Gasteiger partial charge is 0.382 e. The minimum atomic E-state index is -0.552. The smallest absolute Gasteiger partial charge is 0.255 e. The number of hydrogen-bond acceptors (Lipinski definition) is 7. The number of carbonyl (C=O) groups is 1. The van der Waals surface area contributed by atoms with Crippen LogP contribution in [-0.4, -0.2) is 22.3 Å². The van der Waals surface area contributed by atoms with Crippen LogP contribution in [0.2, 0.25) is 0 Å². The second-order valence-corrected chi connectivity index (χ2v) is 5.52. The summed E-state index contributed by atoms with van der Waals surface area (Å²) in [7, 11) is 1.87. The van der Waals surface area contributed by atoms with E-state index in [1.807, 2.05) is 18.9 Å². The van der Waals surface area contributed by atoms with Gasteiger partial charge in [-0.3, -0.25) is 4.79 Å². The van der Waals surface area contributed by atoms with Crippen molar-refractivity contribution in [3.05, 3.63) is 21.6 Å². The van der Waals surface area contributed by atoms with Crippen molar-refractivity contribution in [3.8, 4) is 0 Å². The van der Waals surface area contributed by atoms with Gasteiger partial charge in [0.05, 0.1) is 17.7 Å². The fourth-order valence-electron chi connectivity index (χ4n) is 1.55. The minimum absolute atomic E-state index is 0.190. The van der Waals surface area contributed by atoms with Gasteiger partial charge in [-0.15, -0.1) is 11.3 Å². The predicted octanol–water partition coefficient (Wildman–Crippen LogP) is 1.23. The van der Waals surface area contributed by atoms with Crippen molar-refractivity contribution in [2.45, 2.75) is 13.5 Å². The summed E-state index contributed by atoms with van der Waals surface area (Å²) in [4.78, 5) is 18.6. The van der Waals surface area contributed by atoms with Crippen LogP contribution < -0.4 is 16.4 Å². The molecule has 2 aromatic rings. The van der Waals surface area contributed by atoms with E-state index in [-0.39, 0.29) is 5.82 Å². The molecule has 0 aliphatic heterocycles. The Morgan fingerprint density at radius 1 is 1.56 bits per heavy atom. The molecule has 2 heterocycles. The number of thiazole rings is 1. The zero-order chi connectivity index (χ0) is 13.3. The Balaban J connectivity index is 2.27. The molecule has 4 N–H and O–H groups in total. The number of amides is 1. The van der Waals surface area contributed by atoms with Crippen LogP contribution in [0.3, 0.4) is 0 Å². The van der Waals surface area contributed by atoms with Crippen molar-refractivity contribution >= 4 is 39.6 Å². The highest BCUT2D eigenvalue weighted by Gasteiger charge is 2.20. The quantitative estimate of drug-likeness (QED) is 0.879. The molecule has 18 heavy (non-hydrogen) atoms. The lowest BCUT2D eigenvalue weighted by Crippen LogP contribution is -2.21. The molecule has 0 aliphatic rings. The summed E-state index contributed by atoms with van der Waals surface area (Å²) in [6.45, 7) is 2.61. The second kappa shape index (κ2) is 4.91. The maximum absolute atomic E-state index is 11.4. The maximum Gasteiger partial charge on any atom is 0.255 e. The topological polar surface area (TPSA) is 98.1 Å². The molecule has 0 fully saturated rings. The van der Waals surface area contributed by atoms with Crippen molar-refractivity contribution in [2.75, 3.05) is 17.7 Å². The molecule has 0 aromatic carbocycles. The Morgan fingerprint density at radius 2 is 2.28 bits per heavy atom. The molecule has 2 rings (SSSR count). The molecule has 8 heteroatoms. The van der Waals surface area contributed by atoms with E-state index in [0.717, 1.165) is 10.6 Å². The van der Waals surface area contributed by atoms with Crippen LogP contribution in [0.4, 0.5) is 10.8 Å². The second-order valence-electron chi connectivity index (χ2n) is 3.83. The minimum Gasteiger partial charge on any atom is -0.382 e. The Kier molecular flexibility index (Phi) is 3.48. The Labute approximate surface area is 112 Å². The van der Waals surface area contributed by atoms with E-state index in [2.05, 4.69) is 9.36 Å². The van der Waals surface area contributed by atoms with Crippen molar-refractivity contribution < 1.29 is 4.79 Å². The number of carbonyl (C=O) groups excluding carboxylic acids is 1. The fourth-order valence-corrected chi connectivity index (χ4v) is 3.16. The molecule has 0 saturated heterocycles. The van der Waals surface area contributed by atoms with Crippen LogP contribution in [0.5, 0.6) is 0 Å². The third-order valence-corrected chi connectivity index (χ3v) is 4.42. The molecule has 0 unspecified atom stereocenters. The van der Waals surface area contributed by atoms with Crippen LogP contribution in [0.25, 0.3) is 0 Å². The number of nitrogens with zero attached hydrogens (tertiary/aromatic N) is 3. The predicted molar refractivity (Wildman–Crippen MR) is 74.0 cm³/mol. The van der Waals surface area contributed by atoms with Gasteiger partial charge in [0.1, 0.15) is 10.6 Å². The van der Waals surface area contributed by atoms with Crippen molar-refractivity contribution in [1.82, 2.24) is 9.36 Å². The third-order valence-electron chi connectivity index (χ3n) is 2.52. The molecule has 96 valence electrons. The third kappa shape index (κ3) is 2.29. The summed E-state index contributed by atoms with van der Waals surface area (Å²) in [6, 6.07) is 0. The summed E-state index contributed by atoms with van der Waals surface area (Å²) >= 11 is 2.75. The number of nitrogen functional groups attached to an aromatic ring is 1. The van der Waals surface area contributed by atoms with Crippen LogP contribution in [-0.2, 0) is 6.54 Å². The number of rotatable bonds is 4. The molecule has 2 aromatic heterocycles. The highest BCUT2D eigenvalue weighted by Crippen LogP contribution is 2.31. The van der Waals surface area contributed by atoms with E-state index in [1.165, 1.54) is 11.5 Å². The molecule has 0 bridgehead atoms. The van der Waals surface area contributed by atoms with Gasteiger partial charge in [-0.1, -0.05) is 0 Å². The van der Waals surface area contributed by atoms with Gasteiger partial charge in [0.25, 0.3) is 5.91 Å². The first-order valence-corrected chi connectivity index (χ1v) is 6.81. The Bertz CT molecular complexity index is 577.